The van der Waals surface area contributed by atoms with Crippen molar-refractivity contribution in [3.05, 3.63) is 29.8 Å². The third kappa shape index (κ3) is 4.32. The van der Waals surface area contributed by atoms with E-state index in [9.17, 15) is 4.79 Å². The molecule has 4 heteroatoms. The molecule has 110 valence electrons. The van der Waals surface area contributed by atoms with Gasteiger partial charge in [-0.3, -0.25) is 9.69 Å². The van der Waals surface area contributed by atoms with E-state index in [0.717, 1.165) is 18.5 Å². The number of aryl methyl sites for hydroxylation is 1. The molecule has 1 aliphatic rings. The summed E-state index contributed by atoms with van der Waals surface area (Å²) in [6.45, 7) is 3.06. The normalized spacial score (nSPS) is 15.8. The Morgan fingerprint density at radius 3 is 2.55 bits per heavy atom. The SMILES string of the molecule is Cc1ccc(NC(=O)CN(CCO)C2CCCC2)cc1. The highest BCUT2D eigenvalue weighted by Gasteiger charge is 2.23. The second kappa shape index (κ2) is 7.41. The minimum Gasteiger partial charge on any atom is -0.395 e. The summed E-state index contributed by atoms with van der Waals surface area (Å²) in [4.78, 5) is 14.2. The number of aliphatic hydroxyl groups excluding tert-OH is 1. The number of hydrogen-bond acceptors (Lipinski definition) is 3. The smallest absolute Gasteiger partial charge is 0.238 e. The highest BCUT2D eigenvalue weighted by atomic mass is 16.3. The number of hydrogen-bond donors (Lipinski definition) is 2. The van der Waals surface area contributed by atoms with Crippen LogP contribution in [-0.2, 0) is 4.79 Å². The summed E-state index contributed by atoms with van der Waals surface area (Å²) < 4.78 is 0. The molecule has 4 nitrogen and oxygen atoms in total. The lowest BCUT2D eigenvalue weighted by Gasteiger charge is -2.27. The van der Waals surface area contributed by atoms with Gasteiger partial charge in [0.1, 0.15) is 0 Å². The third-order valence-electron chi connectivity index (χ3n) is 3.91. The molecule has 0 heterocycles. The lowest BCUT2D eigenvalue weighted by atomic mass is 10.2. The molecule has 0 radical (unpaired) electrons. The van der Waals surface area contributed by atoms with Crippen molar-refractivity contribution in [3.8, 4) is 0 Å². The van der Waals surface area contributed by atoms with Crippen molar-refractivity contribution in [2.24, 2.45) is 0 Å². The van der Waals surface area contributed by atoms with Crippen LogP contribution in [0.3, 0.4) is 0 Å². The average Bonchev–Trinajstić information content (AvgIpc) is 2.95. The molecule has 0 atom stereocenters. The van der Waals surface area contributed by atoms with Crippen LogP contribution in [0.2, 0.25) is 0 Å². The van der Waals surface area contributed by atoms with Crippen LogP contribution in [0.4, 0.5) is 5.69 Å². The lowest BCUT2D eigenvalue weighted by Crippen LogP contribution is -2.41. The van der Waals surface area contributed by atoms with Gasteiger partial charge in [0.05, 0.1) is 13.2 Å². The van der Waals surface area contributed by atoms with Gasteiger partial charge in [-0.05, 0) is 31.9 Å². The van der Waals surface area contributed by atoms with Crippen LogP contribution in [0.1, 0.15) is 31.2 Å². The number of benzene rings is 1. The molecule has 1 aromatic rings. The average molecular weight is 276 g/mol. The zero-order valence-corrected chi connectivity index (χ0v) is 12.1. The molecule has 0 unspecified atom stereocenters. The molecule has 0 bridgehead atoms. The molecule has 0 spiro atoms. The predicted octanol–water partition coefficient (Wildman–Crippen LogP) is 2.17. The van der Waals surface area contributed by atoms with Gasteiger partial charge in [0.2, 0.25) is 5.91 Å². The maximum absolute atomic E-state index is 12.1. The molecule has 2 rings (SSSR count). The standard InChI is InChI=1S/C16H24N2O2/c1-13-6-8-14(9-7-13)17-16(20)12-18(10-11-19)15-4-2-3-5-15/h6-9,15,19H,2-5,10-12H2,1H3,(H,17,20). The van der Waals surface area contributed by atoms with Crippen LogP contribution < -0.4 is 5.32 Å². The summed E-state index contributed by atoms with van der Waals surface area (Å²) in [5.41, 5.74) is 2.01. The molecule has 0 saturated heterocycles. The van der Waals surface area contributed by atoms with E-state index in [-0.39, 0.29) is 12.5 Å². The third-order valence-corrected chi connectivity index (χ3v) is 3.91. The zero-order valence-electron chi connectivity index (χ0n) is 12.1. The number of amides is 1. The first-order valence-electron chi connectivity index (χ1n) is 7.40. The van der Waals surface area contributed by atoms with Gasteiger partial charge in [0, 0.05) is 18.3 Å². The van der Waals surface area contributed by atoms with Crippen molar-refractivity contribution in [2.75, 3.05) is 25.0 Å². The fourth-order valence-electron chi connectivity index (χ4n) is 2.81. The fourth-order valence-corrected chi connectivity index (χ4v) is 2.81. The van der Waals surface area contributed by atoms with Crippen LogP contribution in [-0.4, -0.2) is 41.7 Å². The van der Waals surface area contributed by atoms with Crippen molar-refractivity contribution in [1.82, 2.24) is 4.90 Å². The van der Waals surface area contributed by atoms with Gasteiger partial charge >= 0.3 is 0 Å². The van der Waals surface area contributed by atoms with Gasteiger partial charge in [0.15, 0.2) is 0 Å². The highest BCUT2D eigenvalue weighted by molar-refractivity contribution is 5.92. The molecule has 1 fully saturated rings. The van der Waals surface area contributed by atoms with Crippen LogP contribution in [0.25, 0.3) is 0 Å². The maximum Gasteiger partial charge on any atom is 0.238 e. The Kier molecular flexibility index (Phi) is 5.56. The van der Waals surface area contributed by atoms with Crippen LogP contribution in [0, 0.1) is 6.92 Å². The van der Waals surface area contributed by atoms with Crippen molar-refractivity contribution >= 4 is 11.6 Å². The number of carbonyl (C=O) groups is 1. The zero-order chi connectivity index (χ0) is 14.4. The van der Waals surface area contributed by atoms with Crippen molar-refractivity contribution in [3.63, 3.8) is 0 Å². The Balaban J connectivity index is 1.88. The van der Waals surface area contributed by atoms with Gasteiger partial charge in [-0.15, -0.1) is 0 Å². The van der Waals surface area contributed by atoms with E-state index < -0.39 is 0 Å². The number of anilines is 1. The van der Waals surface area contributed by atoms with E-state index in [0.29, 0.717) is 19.1 Å². The first-order valence-corrected chi connectivity index (χ1v) is 7.40. The summed E-state index contributed by atoms with van der Waals surface area (Å²) in [5.74, 6) is -0.00537. The molecule has 20 heavy (non-hydrogen) atoms. The number of carbonyl (C=O) groups excluding carboxylic acids is 1. The highest BCUT2D eigenvalue weighted by Crippen LogP contribution is 2.23. The topological polar surface area (TPSA) is 52.6 Å². The van der Waals surface area contributed by atoms with Crippen LogP contribution in [0.5, 0.6) is 0 Å². The molecular formula is C16H24N2O2. The van der Waals surface area contributed by atoms with Crippen molar-refractivity contribution < 1.29 is 9.90 Å². The van der Waals surface area contributed by atoms with E-state index in [1.807, 2.05) is 31.2 Å². The molecule has 1 saturated carbocycles. The summed E-state index contributed by atoms with van der Waals surface area (Å²) in [6, 6.07) is 8.25. The summed E-state index contributed by atoms with van der Waals surface area (Å²) in [5, 5.41) is 12.1. The van der Waals surface area contributed by atoms with E-state index in [1.165, 1.54) is 18.4 Å². The Bertz CT molecular complexity index is 425. The number of nitrogens with zero attached hydrogens (tertiary/aromatic N) is 1. The number of rotatable bonds is 6. The largest absolute Gasteiger partial charge is 0.395 e. The Morgan fingerprint density at radius 2 is 1.95 bits per heavy atom. The molecule has 2 N–H and O–H groups in total. The summed E-state index contributed by atoms with van der Waals surface area (Å²) >= 11 is 0. The molecule has 0 aromatic heterocycles. The monoisotopic (exact) mass is 276 g/mol. The van der Waals surface area contributed by atoms with E-state index in [1.54, 1.807) is 0 Å². The predicted molar refractivity (Wildman–Crippen MR) is 80.7 cm³/mol. The van der Waals surface area contributed by atoms with Gasteiger partial charge in [-0.25, -0.2) is 0 Å². The molecule has 0 aliphatic heterocycles. The quantitative estimate of drug-likeness (QED) is 0.837. The van der Waals surface area contributed by atoms with E-state index in [4.69, 9.17) is 5.11 Å². The molecule has 1 aromatic carbocycles. The summed E-state index contributed by atoms with van der Waals surface area (Å²) in [7, 11) is 0. The van der Waals surface area contributed by atoms with E-state index in [2.05, 4.69) is 10.2 Å². The summed E-state index contributed by atoms with van der Waals surface area (Å²) in [6.07, 6.45) is 4.73. The first-order chi connectivity index (χ1) is 9.69. The Morgan fingerprint density at radius 1 is 1.30 bits per heavy atom. The van der Waals surface area contributed by atoms with Crippen LogP contribution >= 0.6 is 0 Å². The van der Waals surface area contributed by atoms with Gasteiger partial charge in [-0.2, -0.15) is 0 Å². The Labute approximate surface area is 120 Å². The fraction of sp³-hybridized carbons (Fsp3) is 0.562. The molecular weight excluding hydrogens is 252 g/mol. The second-order valence-electron chi connectivity index (χ2n) is 5.55. The maximum atomic E-state index is 12.1. The van der Waals surface area contributed by atoms with E-state index >= 15 is 0 Å². The molecule has 1 amide bonds. The Hall–Kier alpha value is -1.39. The van der Waals surface area contributed by atoms with Gasteiger partial charge in [0.25, 0.3) is 0 Å². The minimum absolute atomic E-state index is 0.00537. The second-order valence-corrected chi connectivity index (χ2v) is 5.55. The number of nitrogens with one attached hydrogen (secondary N) is 1. The van der Waals surface area contributed by atoms with Gasteiger partial charge in [-0.1, -0.05) is 30.5 Å². The van der Waals surface area contributed by atoms with Crippen LogP contribution in [0.15, 0.2) is 24.3 Å². The van der Waals surface area contributed by atoms with Crippen molar-refractivity contribution in [1.29, 1.82) is 0 Å². The molecule has 1 aliphatic carbocycles. The lowest BCUT2D eigenvalue weighted by molar-refractivity contribution is -0.118. The van der Waals surface area contributed by atoms with Gasteiger partial charge < -0.3 is 10.4 Å². The minimum atomic E-state index is -0.00537. The number of aliphatic hydroxyl groups is 1. The van der Waals surface area contributed by atoms with Crippen molar-refractivity contribution in [2.45, 2.75) is 38.6 Å². The first kappa shape index (κ1) is 15.0.